The van der Waals surface area contributed by atoms with Crippen LogP contribution in [0.25, 0.3) is 0 Å². The van der Waals surface area contributed by atoms with Crippen molar-refractivity contribution in [3.63, 3.8) is 0 Å². The van der Waals surface area contributed by atoms with Gasteiger partial charge in [-0.2, -0.15) is 0 Å². The summed E-state index contributed by atoms with van der Waals surface area (Å²) >= 11 is 3.74. The predicted octanol–water partition coefficient (Wildman–Crippen LogP) is 5.83. The lowest BCUT2D eigenvalue weighted by Gasteiger charge is -2.33. The summed E-state index contributed by atoms with van der Waals surface area (Å²) in [6.07, 6.45) is 7.40. The fourth-order valence-corrected chi connectivity index (χ4v) is 5.21. The number of likely N-dealkylation sites (tertiary alicyclic amines) is 1. The van der Waals surface area contributed by atoms with Crippen LogP contribution in [0.1, 0.15) is 44.2 Å². The van der Waals surface area contributed by atoms with Crippen molar-refractivity contribution in [1.82, 2.24) is 15.1 Å². The van der Waals surface area contributed by atoms with Gasteiger partial charge in [0.05, 0.1) is 12.8 Å². The smallest absolute Gasteiger partial charge is 0.120 e. The van der Waals surface area contributed by atoms with Crippen LogP contribution in [0.5, 0.6) is 5.75 Å². The third kappa shape index (κ3) is 7.59. The number of hydrogen-bond acceptors (Lipinski definition) is 4. The van der Waals surface area contributed by atoms with Crippen LogP contribution in [0.2, 0.25) is 0 Å². The number of piperidine rings is 1. The zero-order valence-corrected chi connectivity index (χ0v) is 21.7. The summed E-state index contributed by atoms with van der Waals surface area (Å²) in [4.78, 5) is 5.09. The minimum Gasteiger partial charge on any atom is -0.491 e. The topological polar surface area (TPSA) is 27.7 Å². The molecule has 0 aliphatic carbocycles. The van der Waals surface area contributed by atoms with Crippen LogP contribution in [0.3, 0.4) is 0 Å². The molecule has 2 aromatic carbocycles. The largest absolute Gasteiger partial charge is 0.491 e. The monoisotopic (exact) mass is 511 g/mol. The van der Waals surface area contributed by atoms with Gasteiger partial charge in [-0.05, 0) is 87.9 Å². The molecule has 0 unspecified atom stereocenters. The van der Waals surface area contributed by atoms with E-state index in [0.717, 1.165) is 50.8 Å². The van der Waals surface area contributed by atoms with E-state index >= 15 is 0 Å². The molecule has 0 aromatic heterocycles. The van der Waals surface area contributed by atoms with Crippen LogP contribution in [-0.2, 0) is 13.0 Å². The Kier molecular flexibility index (Phi) is 8.88. The highest BCUT2D eigenvalue weighted by atomic mass is 79.9. The number of hydrogen-bond donors (Lipinski definition) is 1. The minimum absolute atomic E-state index is 0.211. The molecule has 33 heavy (non-hydrogen) atoms. The summed E-state index contributed by atoms with van der Waals surface area (Å²) in [5.41, 5.74) is 4.17. The first kappa shape index (κ1) is 24.3. The highest BCUT2D eigenvalue weighted by Gasteiger charge is 2.21. The molecule has 0 spiro atoms. The number of nitrogens with zero attached hydrogens (tertiary/aromatic N) is 2. The summed E-state index contributed by atoms with van der Waals surface area (Å²) in [6, 6.07) is 17.1. The van der Waals surface area contributed by atoms with E-state index in [1.54, 1.807) is 0 Å². The van der Waals surface area contributed by atoms with Crippen LogP contribution in [0, 0.1) is 5.92 Å². The summed E-state index contributed by atoms with van der Waals surface area (Å²) in [7, 11) is 0. The molecule has 5 heteroatoms. The van der Waals surface area contributed by atoms with E-state index in [2.05, 4.69) is 99.5 Å². The van der Waals surface area contributed by atoms with E-state index in [-0.39, 0.29) is 6.10 Å². The normalized spacial score (nSPS) is 18.2. The number of ether oxygens (including phenoxy) is 1. The Morgan fingerprint density at radius 3 is 2.55 bits per heavy atom. The number of rotatable bonds is 9. The van der Waals surface area contributed by atoms with Gasteiger partial charge in [-0.3, -0.25) is 4.90 Å². The minimum atomic E-state index is 0.211. The molecule has 2 aromatic rings. The quantitative estimate of drug-likeness (QED) is 0.458. The Labute approximate surface area is 208 Å². The first-order chi connectivity index (χ1) is 16.0. The predicted molar refractivity (Wildman–Crippen MR) is 140 cm³/mol. The lowest BCUT2D eigenvalue weighted by atomic mass is 9.90. The van der Waals surface area contributed by atoms with Gasteiger partial charge in [0.2, 0.25) is 0 Å². The van der Waals surface area contributed by atoms with E-state index in [9.17, 15) is 0 Å². The van der Waals surface area contributed by atoms with Crippen molar-refractivity contribution in [1.29, 1.82) is 0 Å². The van der Waals surface area contributed by atoms with Gasteiger partial charge in [0.25, 0.3) is 0 Å². The fraction of sp³-hybridized carbons (Fsp3) is 0.500. The molecule has 0 saturated carbocycles. The van der Waals surface area contributed by atoms with Gasteiger partial charge < -0.3 is 15.0 Å². The van der Waals surface area contributed by atoms with Gasteiger partial charge in [0, 0.05) is 29.8 Å². The Bertz CT molecular complexity index is 907. The van der Waals surface area contributed by atoms with Crippen molar-refractivity contribution in [2.75, 3.05) is 32.8 Å². The molecular weight excluding hydrogens is 474 g/mol. The number of nitrogens with one attached hydrogen (secondary N) is 1. The number of halogens is 1. The van der Waals surface area contributed by atoms with E-state index in [4.69, 9.17) is 4.74 Å². The van der Waals surface area contributed by atoms with Crippen molar-refractivity contribution >= 4 is 15.9 Å². The molecule has 0 atom stereocenters. The van der Waals surface area contributed by atoms with Gasteiger partial charge in [-0.25, -0.2) is 0 Å². The van der Waals surface area contributed by atoms with E-state index < -0.39 is 0 Å². The first-order valence-corrected chi connectivity index (χ1v) is 13.2. The molecule has 4 nitrogen and oxygen atoms in total. The molecular formula is C28H38BrN3O. The lowest BCUT2D eigenvalue weighted by Crippen LogP contribution is -2.40. The van der Waals surface area contributed by atoms with Crippen LogP contribution in [0.15, 0.2) is 64.8 Å². The Morgan fingerprint density at radius 2 is 1.85 bits per heavy atom. The van der Waals surface area contributed by atoms with E-state index in [0.29, 0.717) is 0 Å². The van der Waals surface area contributed by atoms with Gasteiger partial charge in [-0.15, -0.1) is 0 Å². The van der Waals surface area contributed by atoms with Gasteiger partial charge in [0.15, 0.2) is 0 Å². The van der Waals surface area contributed by atoms with Crippen LogP contribution in [-0.4, -0.2) is 48.8 Å². The molecule has 2 heterocycles. The lowest BCUT2D eigenvalue weighted by molar-refractivity contribution is 0.182. The molecule has 2 aliphatic heterocycles. The summed E-state index contributed by atoms with van der Waals surface area (Å²) < 4.78 is 7.10. The average molecular weight is 513 g/mol. The Hall–Kier alpha value is -1.82. The van der Waals surface area contributed by atoms with Crippen molar-refractivity contribution in [2.45, 2.75) is 52.2 Å². The third-order valence-electron chi connectivity index (χ3n) is 6.68. The zero-order valence-electron chi connectivity index (χ0n) is 20.1. The van der Waals surface area contributed by atoms with Crippen LogP contribution >= 0.6 is 15.9 Å². The highest BCUT2D eigenvalue weighted by Crippen LogP contribution is 2.29. The zero-order chi connectivity index (χ0) is 23.0. The fourth-order valence-electron chi connectivity index (χ4n) is 4.80. The maximum absolute atomic E-state index is 5.90. The van der Waals surface area contributed by atoms with Crippen molar-refractivity contribution in [2.24, 2.45) is 5.92 Å². The molecule has 1 saturated heterocycles. The molecule has 1 N–H and O–H groups in total. The van der Waals surface area contributed by atoms with Crippen molar-refractivity contribution in [3.05, 3.63) is 75.9 Å². The van der Waals surface area contributed by atoms with Crippen LogP contribution in [0.4, 0.5) is 0 Å². The summed E-state index contributed by atoms with van der Waals surface area (Å²) in [5, 5.41) is 3.64. The second kappa shape index (κ2) is 12.0. The van der Waals surface area contributed by atoms with Gasteiger partial charge in [-0.1, -0.05) is 52.3 Å². The van der Waals surface area contributed by atoms with Crippen molar-refractivity contribution < 1.29 is 4.74 Å². The van der Waals surface area contributed by atoms with Crippen LogP contribution < -0.4 is 10.1 Å². The SMILES string of the molecule is CC(C)Oc1ccc(Br)c(CC2CCN(CCC3=CCN(Cc4ccccc4)CN3)CC2)c1. The molecule has 4 rings (SSSR count). The van der Waals surface area contributed by atoms with Crippen molar-refractivity contribution in [3.8, 4) is 5.75 Å². The average Bonchev–Trinajstić information content (AvgIpc) is 2.82. The third-order valence-corrected chi connectivity index (χ3v) is 7.45. The first-order valence-electron chi connectivity index (χ1n) is 12.4. The maximum Gasteiger partial charge on any atom is 0.120 e. The Balaban J connectivity index is 1.17. The van der Waals surface area contributed by atoms with Gasteiger partial charge in [0.1, 0.15) is 5.75 Å². The molecule has 0 radical (unpaired) electrons. The Morgan fingerprint density at radius 1 is 1.06 bits per heavy atom. The molecule has 1 fully saturated rings. The second-order valence-electron chi connectivity index (χ2n) is 9.72. The molecule has 0 bridgehead atoms. The van der Waals surface area contributed by atoms with E-state index in [1.807, 2.05) is 0 Å². The molecule has 0 amide bonds. The molecule has 178 valence electrons. The second-order valence-corrected chi connectivity index (χ2v) is 10.6. The summed E-state index contributed by atoms with van der Waals surface area (Å²) in [5.74, 6) is 1.74. The number of benzene rings is 2. The van der Waals surface area contributed by atoms with Gasteiger partial charge >= 0.3 is 0 Å². The maximum atomic E-state index is 5.90. The highest BCUT2D eigenvalue weighted by molar-refractivity contribution is 9.10. The van der Waals surface area contributed by atoms with E-state index in [1.165, 1.54) is 47.2 Å². The summed E-state index contributed by atoms with van der Waals surface area (Å²) in [6.45, 7) is 10.7. The standard InChI is InChI=1S/C28H38BrN3O/c1-22(2)33-27-8-9-28(29)25(19-27)18-23-10-14-31(15-11-23)16-12-26-13-17-32(21-30-26)20-24-6-4-3-5-7-24/h3-9,13,19,22-23,30H,10-12,14-18,20-21H2,1-2H3. The molecule has 2 aliphatic rings.